The molecule has 0 bridgehead atoms. The van der Waals surface area contributed by atoms with Crippen LogP contribution in [0.2, 0.25) is 0 Å². The molecule has 0 amide bonds. The number of carbonyl (C=O) groups is 1. The highest BCUT2D eigenvalue weighted by Crippen LogP contribution is 2.22. The van der Waals surface area contributed by atoms with Gasteiger partial charge in [0.1, 0.15) is 5.75 Å². The van der Waals surface area contributed by atoms with Crippen LogP contribution in [0, 0.1) is 5.41 Å². The molecule has 1 rings (SSSR count). The Morgan fingerprint density at radius 2 is 1.95 bits per heavy atom. The maximum absolute atomic E-state index is 12.2. The lowest BCUT2D eigenvalue weighted by Gasteiger charge is -2.26. The number of ketones is 1. The van der Waals surface area contributed by atoms with E-state index < -0.39 is 0 Å². The van der Waals surface area contributed by atoms with Gasteiger partial charge in [0.05, 0.1) is 6.10 Å². The second kappa shape index (κ2) is 6.20. The lowest BCUT2D eigenvalue weighted by molar-refractivity contribution is 0.0952. The molecule has 0 heterocycles. The van der Waals surface area contributed by atoms with Gasteiger partial charge in [-0.2, -0.15) is 0 Å². The first-order valence-corrected chi connectivity index (χ1v) is 6.75. The van der Waals surface area contributed by atoms with Crippen LogP contribution in [0.3, 0.4) is 0 Å². The fourth-order valence-electron chi connectivity index (χ4n) is 1.64. The van der Waals surface area contributed by atoms with Crippen molar-refractivity contribution >= 4 is 5.78 Å². The fraction of sp³-hybridized carbons (Fsp3) is 0.562. The van der Waals surface area contributed by atoms with Crippen molar-refractivity contribution in [3.05, 3.63) is 29.8 Å². The molecule has 1 unspecified atom stereocenters. The van der Waals surface area contributed by atoms with Gasteiger partial charge in [0.15, 0.2) is 5.78 Å². The van der Waals surface area contributed by atoms with Crippen LogP contribution in [0.15, 0.2) is 24.3 Å². The van der Waals surface area contributed by atoms with Crippen LogP contribution in [0.4, 0.5) is 0 Å². The van der Waals surface area contributed by atoms with Gasteiger partial charge in [-0.3, -0.25) is 4.79 Å². The SMILES string of the molecule is CC(C)Oc1cccc(C(=O)CC(N)C(C)(C)C)c1. The minimum atomic E-state index is -0.144. The van der Waals surface area contributed by atoms with Crippen LogP contribution in [0.1, 0.15) is 51.4 Å². The fourth-order valence-corrected chi connectivity index (χ4v) is 1.64. The first kappa shape index (κ1) is 15.7. The van der Waals surface area contributed by atoms with E-state index in [1.54, 1.807) is 6.07 Å². The maximum Gasteiger partial charge on any atom is 0.164 e. The minimum Gasteiger partial charge on any atom is -0.491 e. The lowest BCUT2D eigenvalue weighted by atomic mass is 9.83. The molecule has 1 aromatic carbocycles. The largest absolute Gasteiger partial charge is 0.491 e. The summed E-state index contributed by atoms with van der Waals surface area (Å²) in [5.74, 6) is 0.793. The zero-order valence-electron chi connectivity index (χ0n) is 12.6. The molecule has 2 N–H and O–H groups in total. The van der Waals surface area contributed by atoms with E-state index in [4.69, 9.17) is 10.5 Å². The molecule has 3 heteroatoms. The van der Waals surface area contributed by atoms with Crippen molar-refractivity contribution in [3.63, 3.8) is 0 Å². The van der Waals surface area contributed by atoms with Crippen LogP contribution in [-0.2, 0) is 0 Å². The van der Waals surface area contributed by atoms with Gasteiger partial charge >= 0.3 is 0 Å². The van der Waals surface area contributed by atoms with Crippen molar-refractivity contribution in [2.75, 3.05) is 0 Å². The summed E-state index contributed by atoms with van der Waals surface area (Å²) >= 11 is 0. The van der Waals surface area contributed by atoms with E-state index in [0.717, 1.165) is 5.75 Å². The average Bonchev–Trinajstić information content (AvgIpc) is 2.27. The molecule has 0 fully saturated rings. The van der Waals surface area contributed by atoms with E-state index in [9.17, 15) is 4.79 Å². The van der Waals surface area contributed by atoms with Crippen LogP contribution in [0.25, 0.3) is 0 Å². The summed E-state index contributed by atoms with van der Waals surface area (Å²) in [7, 11) is 0. The van der Waals surface area contributed by atoms with E-state index in [-0.39, 0.29) is 23.3 Å². The molecular formula is C16H25NO2. The number of carbonyl (C=O) groups excluding carboxylic acids is 1. The first-order valence-electron chi connectivity index (χ1n) is 6.75. The molecule has 0 radical (unpaired) electrons. The molecular weight excluding hydrogens is 238 g/mol. The van der Waals surface area contributed by atoms with Crippen LogP contribution >= 0.6 is 0 Å². The van der Waals surface area contributed by atoms with E-state index >= 15 is 0 Å². The zero-order valence-corrected chi connectivity index (χ0v) is 12.6. The minimum absolute atomic E-state index is 0.0663. The Morgan fingerprint density at radius 1 is 1.32 bits per heavy atom. The third-order valence-electron chi connectivity index (χ3n) is 3.05. The standard InChI is InChI=1S/C16H25NO2/c1-11(2)19-13-8-6-7-12(9-13)14(18)10-15(17)16(3,4)5/h6-9,11,15H,10,17H2,1-5H3. The molecule has 106 valence electrons. The second-order valence-electron chi connectivity index (χ2n) is 6.29. The highest BCUT2D eigenvalue weighted by Gasteiger charge is 2.23. The van der Waals surface area contributed by atoms with Gasteiger partial charge in [-0.05, 0) is 31.4 Å². The highest BCUT2D eigenvalue weighted by atomic mass is 16.5. The lowest BCUT2D eigenvalue weighted by Crippen LogP contribution is -2.36. The average molecular weight is 263 g/mol. The van der Waals surface area contributed by atoms with Gasteiger partial charge in [0.2, 0.25) is 0 Å². The summed E-state index contributed by atoms with van der Waals surface area (Å²) in [5.41, 5.74) is 6.65. The van der Waals surface area contributed by atoms with Crippen molar-refractivity contribution in [1.82, 2.24) is 0 Å². The smallest absolute Gasteiger partial charge is 0.164 e. The van der Waals surface area contributed by atoms with Gasteiger partial charge in [0.25, 0.3) is 0 Å². The number of hydrogen-bond donors (Lipinski definition) is 1. The Kier molecular flexibility index (Phi) is 5.12. The topological polar surface area (TPSA) is 52.3 Å². The van der Waals surface area contributed by atoms with E-state index in [0.29, 0.717) is 12.0 Å². The summed E-state index contributed by atoms with van der Waals surface area (Å²) < 4.78 is 5.59. The predicted octanol–water partition coefficient (Wildman–Crippen LogP) is 3.42. The normalized spacial score (nSPS) is 13.4. The second-order valence-corrected chi connectivity index (χ2v) is 6.29. The van der Waals surface area contributed by atoms with Crippen molar-refractivity contribution in [2.24, 2.45) is 11.1 Å². The molecule has 0 aliphatic heterocycles. The molecule has 0 aliphatic carbocycles. The quantitative estimate of drug-likeness (QED) is 0.828. The summed E-state index contributed by atoms with van der Waals surface area (Å²) in [6.07, 6.45) is 0.455. The molecule has 1 atom stereocenters. The van der Waals surface area contributed by atoms with Crippen LogP contribution in [-0.4, -0.2) is 17.9 Å². The van der Waals surface area contributed by atoms with E-state index in [1.807, 2.05) is 52.8 Å². The van der Waals surface area contributed by atoms with Crippen molar-refractivity contribution in [3.8, 4) is 5.75 Å². The Bertz CT molecular complexity index is 433. The predicted molar refractivity (Wildman–Crippen MR) is 78.6 cm³/mol. The van der Waals surface area contributed by atoms with Gasteiger partial charge in [-0.25, -0.2) is 0 Å². The zero-order chi connectivity index (χ0) is 14.6. The molecule has 19 heavy (non-hydrogen) atoms. The monoisotopic (exact) mass is 263 g/mol. The molecule has 0 saturated carbocycles. The molecule has 0 saturated heterocycles. The molecule has 0 aromatic heterocycles. The van der Waals surface area contributed by atoms with Crippen molar-refractivity contribution < 1.29 is 9.53 Å². The number of benzene rings is 1. The third-order valence-corrected chi connectivity index (χ3v) is 3.05. The molecule has 3 nitrogen and oxygen atoms in total. The van der Waals surface area contributed by atoms with Crippen molar-refractivity contribution in [2.45, 2.75) is 53.2 Å². The number of hydrogen-bond acceptors (Lipinski definition) is 3. The molecule has 1 aromatic rings. The van der Waals surface area contributed by atoms with Crippen LogP contribution < -0.4 is 10.5 Å². The molecule has 0 aliphatic rings. The Hall–Kier alpha value is -1.35. The Morgan fingerprint density at radius 3 is 2.47 bits per heavy atom. The summed E-state index contributed by atoms with van der Waals surface area (Å²) in [6.45, 7) is 10.1. The van der Waals surface area contributed by atoms with Crippen molar-refractivity contribution in [1.29, 1.82) is 0 Å². The summed E-state index contributed by atoms with van der Waals surface area (Å²) in [4.78, 5) is 12.2. The summed E-state index contributed by atoms with van der Waals surface area (Å²) in [6, 6.07) is 7.16. The number of rotatable bonds is 5. The number of Topliss-reactive ketones (excluding diaryl/α,β-unsaturated/α-hetero) is 1. The van der Waals surface area contributed by atoms with Gasteiger partial charge < -0.3 is 10.5 Å². The maximum atomic E-state index is 12.2. The van der Waals surface area contributed by atoms with Gasteiger partial charge in [-0.15, -0.1) is 0 Å². The van der Waals surface area contributed by atoms with Crippen LogP contribution in [0.5, 0.6) is 5.75 Å². The summed E-state index contributed by atoms with van der Waals surface area (Å²) in [5, 5.41) is 0. The number of nitrogens with two attached hydrogens (primary N) is 1. The molecule has 0 spiro atoms. The third kappa shape index (κ3) is 5.03. The van der Waals surface area contributed by atoms with E-state index in [2.05, 4.69) is 0 Å². The van der Waals surface area contributed by atoms with E-state index in [1.165, 1.54) is 0 Å². The first-order chi connectivity index (χ1) is 8.70. The highest BCUT2D eigenvalue weighted by molar-refractivity contribution is 5.96. The Labute approximate surface area is 116 Å². The number of ether oxygens (including phenoxy) is 1. The van der Waals surface area contributed by atoms with Gasteiger partial charge in [-0.1, -0.05) is 32.9 Å². The van der Waals surface area contributed by atoms with Gasteiger partial charge in [0, 0.05) is 18.0 Å². The Balaban J connectivity index is 2.77.